The van der Waals surface area contributed by atoms with Crippen molar-refractivity contribution in [3.63, 3.8) is 0 Å². The molecule has 2 aromatic carbocycles. The molecule has 2 rings (SSSR count). The average Bonchev–Trinajstić information content (AvgIpc) is 2.56. The van der Waals surface area contributed by atoms with Gasteiger partial charge in [-0.15, -0.1) is 0 Å². The lowest BCUT2D eigenvalue weighted by Gasteiger charge is -2.07. The van der Waals surface area contributed by atoms with Gasteiger partial charge in [0.1, 0.15) is 0 Å². The number of hydrazone groups is 1. The first kappa shape index (κ1) is 19.0. The van der Waals surface area contributed by atoms with Crippen LogP contribution in [-0.4, -0.2) is 17.5 Å². The van der Waals surface area contributed by atoms with E-state index in [1.165, 1.54) is 0 Å². The van der Waals surface area contributed by atoms with Gasteiger partial charge in [-0.25, -0.2) is 5.43 Å². The Morgan fingerprint density at radius 2 is 1.72 bits per heavy atom. The molecule has 0 spiro atoms. The molecule has 2 aromatic rings. The summed E-state index contributed by atoms with van der Waals surface area (Å²) in [6, 6.07) is 11.9. The molecule has 0 saturated carbocycles. The molecule has 130 valence electrons. The summed E-state index contributed by atoms with van der Waals surface area (Å²) in [5.74, 6) is -0.603. The van der Waals surface area contributed by atoms with E-state index in [1.807, 2.05) is 19.1 Å². The van der Waals surface area contributed by atoms with E-state index in [0.717, 1.165) is 5.56 Å². The highest BCUT2D eigenvalue weighted by molar-refractivity contribution is 6.42. The monoisotopic (exact) mass is 377 g/mol. The third-order valence-corrected chi connectivity index (χ3v) is 4.02. The first-order valence-electron chi connectivity index (χ1n) is 7.50. The van der Waals surface area contributed by atoms with Crippen LogP contribution < -0.4 is 10.7 Å². The Bertz CT molecular complexity index is 818. The second kappa shape index (κ2) is 8.65. The summed E-state index contributed by atoms with van der Waals surface area (Å²) in [4.78, 5) is 24.0. The normalized spacial score (nSPS) is 11.1. The molecule has 0 aliphatic rings. The summed E-state index contributed by atoms with van der Waals surface area (Å²) in [5.41, 5.74) is 5.01. The van der Waals surface area contributed by atoms with Gasteiger partial charge >= 0.3 is 0 Å². The third kappa shape index (κ3) is 5.89. The first-order chi connectivity index (χ1) is 11.8. The molecule has 0 atom stereocenters. The lowest BCUT2D eigenvalue weighted by molar-refractivity contribution is -0.115. The zero-order chi connectivity index (χ0) is 18.4. The van der Waals surface area contributed by atoms with E-state index in [4.69, 9.17) is 23.2 Å². The number of benzene rings is 2. The SMILES string of the molecule is C/C(CC(=O)Nc1ccc(Cl)c(Cl)c1)=N\NC(=O)c1ccc(C)cc1. The molecule has 2 amide bonds. The molecule has 25 heavy (non-hydrogen) atoms. The number of carbonyl (C=O) groups is 2. The number of nitrogens with one attached hydrogen (secondary N) is 2. The number of rotatable bonds is 5. The number of halogens is 2. The number of anilines is 1. The van der Waals surface area contributed by atoms with E-state index in [2.05, 4.69) is 15.8 Å². The lowest BCUT2D eigenvalue weighted by atomic mass is 10.1. The maximum absolute atomic E-state index is 12.0. The average molecular weight is 378 g/mol. The zero-order valence-corrected chi connectivity index (χ0v) is 15.3. The standard InChI is InChI=1S/C18H17Cl2N3O2/c1-11-3-5-13(6-4-11)18(25)23-22-12(2)9-17(24)21-14-7-8-15(19)16(20)10-14/h3-8,10H,9H2,1-2H3,(H,21,24)(H,23,25)/b22-12+. The van der Waals surface area contributed by atoms with Gasteiger partial charge in [-0.05, 0) is 44.2 Å². The minimum absolute atomic E-state index is 0.0361. The van der Waals surface area contributed by atoms with Gasteiger partial charge in [-0.1, -0.05) is 40.9 Å². The van der Waals surface area contributed by atoms with Crippen molar-refractivity contribution >= 4 is 46.4 Å². The van der Waals surface area contributed by atoms with Crippen LogP contribution in [-0.2, 0) is 4.79 Å². The van der Waals surface area contributed by atoms with E-state index in [0.29, 0.717) is 27.0 Å². The number of aryl methyl sites for hydroxylation is 1. The number of hydrogen-bond acceptors (Lipinski definition) is 3. The van der Waals surface area contributed by atoms with Crippen LogP contribution in [0.2, 0.25) is 10.0 Å². The second-order valence-electron chi connectivity index (χ2n) is 5.51. The van der Waals surface area contributed by atoms with Crippen LogP contribution in [0.4, 0.5) is 5.69 Å². The maximum Gasteiger partial charge on any atom is 0.271 e. The first-order valence-corrected chi connectivity index (χ1v) is 8.26. The molecular weight excluding hydrogens is 361 g/mol. The second-order valence-corrected chi connectivity index (χ2v) is 6.32. The number of hydrogen-bond donors (Lipinski definition) is 2. The quantitative estimate of drug-likeness (QED) is 0.597. The topological polar surface area (TPSA) is 70.6 Å². The smallest absolute Gasteiger partial charge is 0.271 e. The Balaban J connectivity index is 1.89. The highest BCUT2D eigenvalue weighted by Gasteiger charge is 2.08. The predicted octanol–water partition coefficient (Wildman–Crippen LogP) is 4.44. The van der Waals surface area contributed by atoms with E-state index >= 15 is 0 Å². The van der Waals surface area contributed by atoms with Crippen LogP contribution in [0.3, 0.4) is 0 Å². The molecule has 0 aromatic heterocycles. The van der Waals surface area contributed by atoms with E-state index in [1.54, 1.807) is 37.3 Å². The fourth-order valence-corrected chi connectivity index (χ4v) is 2.26. The summed E-state index contributed by atoms with van der Waals surface area (Å²) in [5, 5.41) is 7.41. The number of carbonyl (C=O) groups excluding carboxylic acids is 2. The van der Waals surface area contributed by atoms with Crippen LogP contribution in [0.5, 0.6) is 0 Å². The van der Waals surface area contributed by atoms with Crippen molar-refractivity contribution in [3.8, 4) is 0 Å². The van der Waals surface area contributed by atoms with Crippen molar-refractivity contribution in [2.24, 2.45) is 5.10 Å². The number of amides is 2. The minimum atomic E-state index is -0.329. The molecule has 0 bridgehead atoms. The van der Waals surface area contributed by atoms with Crippen LogP contribution in [0.1, 0.15) is 29.3 Å². The van der Waals surface area contributed by atoms with Gasteiger partial charge < -0.3 is 5.32 Å². The van der Waals surface area contributed by atoms with Gasteiger partial charge in [0.25, 0.3) is 5.91 Å². The highest BCUT2D eigenvalue weighted by atomic mass is 35.5. The predicted molar refractivity (Wildman–Crippen MR) is 101 cm³/mol. The Morgan fingerprint density at radius 1 is 1.04 bits per heavy atom. The summed E-state index contributed by atoms with van der Waals surface area (Å²) in [6.07, 6.45) is 0.0361. The van der Waals surface area contributed by atoms with Crippen LogP contribution in [0.25, 0.3) is 0 Å². The Kier molecular flexibility index (Phi) is 6.56. The lowest BCUT2D eigenvalue weighted by Crippen LogP contribution is -2.21. The van der Waals surface area contributed by atoms with Crippen molar-refractivity contribution in [2.45, 2.75) is 20.3 Å². The van der Waals surface area contributed by atoms with Crippen molar-refractivity contribution in [1.29, 1.82) is 0 Å². The molecule has 0 saturated heterocycles. The summed E-state index contributed by atoms with van der Waals surface area (Å²) in [7, 11) is 0. The van der Waals surface area contributed by atoms with Gasteiger partial charge in [0.15, 0.2) is 0 Å². The molecule has 0 heterocycles. The molecule has 0 unspecified atom stereocenters. The fourth-order valence-electron chi connectivity index (χ4n) is 1.97. The Hall–Kier alpha value is -2.37. The van der Waals surface area contributed by atoms with Crippen molar-refractivity contribution in [3.05, 3.63) is 63.6 Å². The van der Waals surface area contributed by atoms with Gasteiger partial charge in [-0.3, -0.25) is 9.59 Å². The van der Waals surface area contributed by atoms with Gasteiger partial charge in [0, 0.05) is 17.0 Å². The Morgan fingerprint density at radius 3 is 2.36 bits per heavy atom. The summed E-state index contributed by atoms with van der Waals surface area (Å²) < 4.78 is 0. The van der Waals surface area contributed by atoms with Gasteiger partial charge in [0.2, 0.25) is 5.91 Å². The third-order valence-electron chi connectivity index (χ3n) is 3.28. The zero-order valence-electron chi connectivity index (χ0n) is 13.8. The minimum Gasteiger partial charge on any atom is -0.326 e. The Labute approximate surface area is 156 Å². The molecule has 0 radical (unpaired) electrons. The largest absolute Gasteiger partial charge is 0.326 e. The van der Waals surface area contributed by atoms with E-state index in [-0.39, 0.29) is 18.2 Å². The fraction of sp³-hybridized carbons (Fsp3) is 0.167. The molecule has 2 N–H and O–H groups in total. The molecule has 0 aliphatic heterocycles. The molecular formula is C18H17Cl2N3O2. The van der Waals surface area contributed by atoms with Gasteiger partial charge in [0.05, 0.1) is 16.5 Å². The van der Waals surface area contributed by atoms with E-state index in [9.17, 15) is 9.59 Å². The molecule has 0 aliphatic carbocycles. The van der Waals surface area contributed by atoms with Crippen LogP contribution >= 0.6 is 23.2 Å². The van der Waals surface area contributed by atoms with Crippen LogP contribution in [0, 0.1) is 6.92 Å². The molecule has 5 nitrogen and oxygen atoms in total. The van der Waals surface area contributed by atoms with Crippen LogP contribution in [0.15, 0.2) is 47.6 Å². The summed E-state index contributed by atoms with van der Waals surface area (Å²) >= 11 is 11.7. The van der Waals surface area contributed by atoms with Crippen molar-refractivity contribution < 1.29 is 9.59 Å². The van der Waals surface area contributed by atoms with Crippen molar-refractivity contribution in [2.75, 3.05) is 5.32 Å². The maximum atomic E-state index is 12.0. The van der Waals surface area contributed by atoms with Gasteiger partial charge in [-0.2, -0.15) is 5.10 Å². The molecule has 0 fully saturated rings. The van der Waals surface area contributed by atoms with E-state index < -0.39 is 0 Å². The highest BCUT2D eigenvalue weighted by Crippen LogP contribution is 2.25. The van der Waals surface area contributed by atoms with Crippen molar-refractivity contribution in [1.82, 2.24) is 5.43 Å². The number of nitrogens with zero attached hydrogens (tertiary/aromatic N) is 1. The molecule has 7 heteroatoms. The summed E-state index contributed by atoms with van der Waals surface area (Å²) in [6.45, 7) is 3.60.